The van der Waals surface area contributed by atoms with E-state index in [-0.39, 0.29) is 5.60 Å². The van der Waals surface area contributed by atoms with Gasteiger partial charge in [-0.2, -0.15) is 5.10 Å². The molecule has 1 aliphatic heterocycles. The van der Waals surface area contributed by atoms with Gasteiger partial charge in [-0.15, -0.1) is 0 Å². The smallest absolute Gasteiger partial charge is 0.181 e. The molecule has 1 saturated heterocycles. The summed E-state index contributed by atoms with van der Waals surface area (Å²) in [5.74, 6) is 2.25. The highest BCUT2D eigenvalue weighted by molar-refractivity contribution is 5.76. The van der Waals surface area contributed by atoms with Crippen LogP contribution < -0.4 is 4.74 Å². The minimum atomic E-state index is -0.0983. The standard InChI is InChI=1S/C19H24N4O2/c1-12-16-18(23(22-12)14-5-7-15(24-4)8-6-14)21-17(20-16)13-9-10-25-19(2,3)11-13/h5-8,13H,9-11H2,1-4H3,(H,20,21)/t13-/m1/s1. The molecule has 0 amide bonds. The lowest BCUT2D eigenvalue weighted by atomic mass is 9.88. The number of imidazole rings is 1. The second-order valence-electron chi connectivity index (χ2n) is 7.31. The number of fused-ring (bicyclic) bond motifs is 1. The van der Waals surface area contributed by atoms with Gasteiger partial charge in [-0.1, -0.05) is 0 Å². The molecule has 1 fully saturated rings. The van der Waals surface area contributed by atoms with Gasteiger partial charge in [-0.25, -0.2) is 9.67 Å². The summed E-state index contributed by atoms with van der Waals surface area (Å²) in [4.78, 5) is 8.41. The third-order valence-electron chi connectivity index (χ3n) is 4.92. The zero-order chi connectivity index (χ0) is 17.6. The van der Waals surface area contributed by atoms with Crippen LogP contribution in [-0.4, -0.2) is 39.1 Å². The van der Waals surface area contributed by atoms with Crippen molar-refractivity contribution in [3.8, 4) is 11.4 Å². The maximum absolute atomic E-state index is 5.84. The van der Waals surface area contributed by atoms with Gasteiger partial charge in [0.15, 0.2) is 5.65 Å². The van der Waals surface area contributed by atoms with E-state index in [1.807, 2.05) is 35.9 Å². The summed E-state index contributed by atoms with van der Waals surface area (Å²) in [5.41, 5.74) is 3.72. The van der Waals surface area contributed by atoms with Crippen LogP contribution in [0.1, 0.15) is 44.1 Å². The van der Waals surface area contributed by atoms with Crippen LogP contribution in [0, 0.1) is 6.92 Å². The maximum atomic E-state index is 5.84. The van der Waals surface area contributed by atoms with E-state index >= 15 is 0 Å². The number of hydrogen-bond acceptors (Lipinski definition) is 4. The first kappa shape index (κ1) is 16.1. The van der Waals surface area contributed by atoms with Gasteiger partial charge < -0.3 is 14.5 Å². The van der Waals surface area contributed by atoms with Crippen LogP contribution in [0.5, 0.6) is 5.75 Å². The molecule has 0 unspecified atom stereocenters. The van der Waals surface area contributed by atoms with E-state index in [0.29, 0.717) is 5.92 Å². The molecule has 1 atom stereocenters. The minimum Gasteiger partial charge on any atom is -0.497 e. The first-order valence-corrected chi connectivity index (χ1v) is 8.70. The van der Waals surface area contributed by atoms with E-state index in [1.54, 1.807) is 7.11 Å². The Bertz CT molecular complexity index is 892. The highest BCUT2D eigenvalue weighted by atomic mass is 16.5. The van der Waals surface area contributed by atoms with E-state index in [4.69, 9.17) is 14.5 Å². The van der Waals surface area contributed by atoms with Gasteiger partial charge in [0, 0.05) is 12.5 Å². The van der Waals surface area contributed by atoms with Crippen LogP contribution >= 0.6 is 0 Å². The summed E-state index contributed by atoms with van der Waals surface area (Å²) in [5, 5.41) is 4.65. The molecule has 0 aliphatic carbocycles. The van der Waals surface area contributed by atoms with Crippen LogP contribution in [0.15, 0.2) is 24.3 Å². The number of methoxy groups -OCH3 is 1. The molecule has 6 heteroatoms. The summed E-state index contributed by atoms with van der Waals surface area (Å²) in [6.45, 7) is 7.08. The molecule has 25 heavy (non-hydrogen) atoms. The number of aryl methyl sites for hydroxylation is 1. The quantitative estimate of drug-likeness (QED) is 0.789. The van der Waals surface area contributed by atoms with Crippen molar-refractivity contribution in [2.75, 3.05) is 13.7 Å². The number of benzene rings is 1. The molecule has 0 saturated carbocycles. The Morgan fingerprint density at radius 2 is 2.04 bits per heavy atom. The highest BCUT2D eigenvalue weighted by Crippen LogP contribution is 2.35. The summed E-state index contributed by atoms with van der Waals surface area (Å²) < 4.78 is 13.0. The van der Waals surface area contributed by atoms with Crippen molar-refractivity contribution in [2.24, 2.45) is 0 Å². The van der Waals surface area contributed by atoms with Gasteiger partial charge in [0.25, 0.3) is 0 Å². The van der Waals surface area contributed by atoms with Crippen LogP contribution in [0.2, 0.25) is 0 Å². The Morgan fingerprint density at radius 1 is 1.28 bits per heavy atom. The summed E-state index contributed by atoms with van der Waals surface area (Å²) in [6, 6.07) is 7.87. The summed E-state index contributed by atoms with van der Waals surface area (Å²) >= 11 is 0. The number of hydrogen-bond donors (Lipinski definition) is 1. The second-order valence-corrected chi connectivity index (χ2v) is 7.31. The molecular weight excluding hydrogens is 316 g/mol. The largest absolute Gasteiger partial charge is 0.497 e. The zero-order valence-electron chi connectivity index (χ0n) is 15.2. The second kappa shape index (κ2) is 5.88. The molecule has 4 rings (SSSR count). The lowest BCUT2D eigenvalue weighted by Crippen LogP contribution is -2.33. The average molecular weight is 340 g/mol. The normalized spacial score (nSPS) is 20.1. The lowest BCUT2D eigenvalue weighted by molar-refractivity contribution is -0.0602. The number of nitrogens with zero attached hydrogens (tertiary/aromatic N) is 3. The van der Waals surface area contributed by atoms with E-state index in [1.165, 1.54) is 0 Å². The third-order valence-corrected chi connectivity index (χ3v) is 4.92. The first-order chi connectivity index (χ1) is 12.0. The van der Waals surface area contributed by atoms with Crippen LogP contribution in [0.4, 0.5) is 0 Å². The maximum Gasteiger partial charge on any atom is 0.181 e. The Labute approximate surface area is 147 Å². The number of H-pyrrole nitrogens is 1. The van der Waals surface area contributed by atoms with Crippen molar-refractivity contribution in [1.29, 1.82) is 0 Å². The molecule has 3 heterocycles. The van der Waals surface area contributed by atoms with Gasteiger partial charge in [-0.3, -0.25) is 0 Å². The summed E-state index contributed by atoms with van der Waals surface area (Å²) in [7, 11) is 1.67. The minimum absolute atomic E-state index is 0.0983. The van der Waals surface area contributed by atoms with Crippen LogP contribution in [-0.2, 0) is 4.74 Å². The van der Waals surface area contributed by atoms with Crippen molar-refractivity contribution in [3.63, 3.8) is 0 Å². The van der Waals surface area contributed by atoms with Crippen molar-refractivity contribution < 1.29 is 9.47 Å². The monoisotopic (exact) mass is 340 g/mol. The van der Waals surface area contributed by atoms with Gasteiger partial charge in [-0.05, 0) is 57.9 Å². The van der Waals surface area contributed by atoms with Crippen molar-refractivity contribution >= 4 is 11.2 Å². The number of aromatic nitrogens is 4. The SMILES string of the molecule is COc1ccc(-n2nc(C)c3[nH]c([C@@H]4CCOC(C)(C)C4)nc32)cc1. The van der Waals surface area contributed by atoms with Gasteiger partial charge >= 0.3 is 0 Å². The molecule has 1 N–H and O–H groups in total. The molecule has 3 aromatic rings. The number of aromatic amines is 1. The molecule has 0 radical (unpaired) electrons. The fourth-order valence-electron chi connectivity index (χ4n) is 3.60. The molecule has 2 aromatic heterocycles. The Hall–Kier alpha value is -2.34. The molecule has 0 spiro atoms. The van der Waals surface area contributed by atoms with E-state index < -0.39 is 0 Å². The highest BCUT2D eigenvalue weighted by Gasteiger charge is 2.32. The van der Waals surface area contributed by atoms with E-state index in [0.717, 1.165) is 53.6 Å². The first-order valence-electron chi connectivity index (χ1n) is 8.70. The van der Waals surface area contributed by atoms with E-state index in [2.05, 4.69) is 23.9 Å². The summed E-state index contributed by atoms with van der Waals surface area (Å²) in [6.07, 6.45) is 1.96. The van der Waals surface area contributed by atoms with Crippen LogP contribution in [0.3, 0.4) is 0 Å². The van der Waals surface area contributed by atoms with Gasteiger partial charge in [0.2, 0.25) is 0 Å². The fourth-order valence-corrected chi connectivity index (χ4v) is 3.60. The average Bonchev–Trinajstić information content (AvgIpc) is 3.15. The zero-order valence-corrected chi connectivity index (χ0v) is 15.2. The van der Waals surface area contributed by atoms with Gasteiger partial charge in [0.1, 0.15) is 17.1 Å². The lowest BCUT2D eigenvalue weighted by Gasteiger charge is -2.34. The molecule has 6 nitrogen and oxygen atoms in total. The predicted molar refractivity (Wildman–Crippen MR) is 96.5 cm³/mol. The number of nitrogens with one attached hydrogen (secondary N) is 1. The predicted octanol–water partition coefficient (Wildman–Crippen LogP) is 3.74. The third kappa shape index (κ3) is 2.91. The van der Waals surface area contributed by atoms with Crippen LogP contribution in [0.25, 0.3) is 16.9 Å². The molecule has 132 valence electrons. The van der Waals surface area contributed by atoms with Crippen molar-refractivity contribution in [1.82, 2.24) is 19.7 Å². The molecular formula is C19H24N4O2. The molecule has 0 bridgehead atoms. The van der Waals surface area contributed by atoms with Gasteiger partial charge in [0.05, 0.1) is 24.1 Å². The van der Waals surface area contributed by atoms with E-state index in [9.17, 15) is 0 Å². The molecule has 1 aliphatic rings. The fraction of sp³-hybridized carbons (Fsp3) is 0.474. The molecule has 1 aromatic carbocycles. The van der Waals surface area contributed by atoms with Crippen molar-refractivity contribution in [3.05, 3.63) is 35.8 Å². The number of rotatable bonds is 3. The number of ether oxygens (including phenoxy) is 2. The topological polar surface area (TPSA) is 65.0 Å². The Morgan fingerprint density at radius 3 is 2.72 bits per heavy atom. The Balaban J connectivity index is 1.73. The van der Waals surface area contributed by atoms with Crippen molar-refractivity contribution in [2.45, 2.75) is 45.1 Å². The Kier molecular flexibility index (Phi) is 3.80.